The van der Waals surface area contributed by atoms with Crippen LogP contribution in [-0.4, -0.2) is 18.0 Å². The molecule has 0 atom stereocenters. The fourth-order valence-corrected chi connectivity index (χ4v) is 1.83. The smallest absolute Gasteiger partial charge is 0.238 e. The third kappa shape index (κ3) is 4.95. The number of para-hydroxylation sites is 1. The monoisotopic (exact) mass is 270 g/mol. The van der Waals surface area contributed by atoms with Gasteiger partial charge in [-0.25, -0.2) is 8.78 Å². The summed E-state index contributed by atoms with van der Waals surface area (Å²) >= 11 is 0. The third-order valence-corrected chi connectivity index (χ3v) is 2.83. The molecule has 0 aromatic heterocycles. The Hall–Kier alpha value is -1.49. The molecule has 0 aliphatic heterocycles. The van der Waals surface area contributed by atoms with Crippen molar-refractivity contribution in [1.29, 1.82) is 0 Å². The molecule has 1 aromatic rings. The molecule has 1 aromatic carbocycles. The van der Waals surface area contributed by atoms with Crippen LogP contribution in [0.4, 0.5) is 14.5 Å². The van der Waals surface area contributed by atoms with E-state index in [-0.39, 0.29) is 12.1 Å². The van der Waals surface area contributed by atoms with Crippen LogP contribution < -0.4 is 10.6 Å². The Balaban J connectivity index is 2.57. The van der Waals surface area contributed by atoms with Crippen LogP contribution in [-0.2, 0) is 4.79 Å². The lowest BCUT2D eigenvalue weighted by Crippen LogP contribution is -2.43. The molecule has 0 aliphatic rings. The SMILES string of the molecule is CCCC(C)(C)NCC(=O)Nc1c(F)cccc1F. The van der Waals surface area contributed by atoms with Gasteiger partial charge in [-0.15, -0.1) is 0 Å². The maximum Gasteiger partial charge on any atom is 0.238 e. The molecular formula is C14H20F2N2O. The van der Waals surface area contributed by atoms with Crippen LogP contribution in [0.5, 0.6) is 0 Å². The highest BCUT2D eigenvalue weighted by molar-refractivity contribution is 5.92. The Morgan fingerprint density at radius 1 is 1.26 bits per heavy atom. The predicted octanol–water partition coefficient (Wildman–Crippen LogP) is 3.07. The molecule has 19 heavy (non-hydrogen) atoms. The molecule has 5 heteroatoms. The normalized spacial score (nSPS) is 11.4. The van der Waals surface area contributed by atoms with Crippen molar-refractivity contribution in [2.75, 3.05) is 11.9 Å². The first-order chi connectivity index (χ1) is 8.85. The Morgan fingerprint density at radius 3 is 2.37 bits per heavy atom. The van der Waals surface area contributed by atoms with Gasteiger partial charge in [-0.1, -0.05) is 19.4 Å². The van der Waals surface area contributed by atoms with Crippen LogP contribution in [0.2, 0.25) is 0 Å². The van der Waals surface area contributed by atoms with Gasteiger partial charge in [-0.05, 0) is 32.4 Å². The lowest BCUT2D eigenvalue weighted by Gasteiger charge is -2.25. The number of hydrogen-bond donors (Lipinski definition) is 2. The summed E-state index contributed by atoms with van der Waals surface area (Å²) in [6.45, 7) is 6.03. The van der Waals surface area contributed by atoms with E-state index in [9.17, 15) is 13.6 Å². The van der Waals surface area contributed by atoms with E-state index >= 15 is 0 Å². The first-order valence-corrected chi connectivity index (χ1v) is 6.34. The van der Waals surface area contributed by atoms with Crippen LogP contribution >= 0.6 is 0 Å². The second-order valence-electron chi connectivity index (χ2n) is 5.13. The molecule has 0 saturated carbocycles. The fraction of sp³-hybridized carbons (Fsp3) is 0.500. The fourth-order valence-electron chi connectivity index (χ4n) is 1.83. The van der Waals surface area contributed by atoms with Crippen molar-refractivity contribution < 1.29 is 13.6 Å². The van der Waals surface area contributed by atoms with Gasteiger partial charge in [-0.3, -0.25) is 4.79 Å². The minimum absolute atomic E-state index is 0.0147. The topological polar surface area (TPSA) is 41.1 Å². The number of carbonyl (C=O) groups is 1. The molecule has 106 valence electrons. The van der Waals surface area contributed by atoms with Crippen molar-refractivity contribution in [2.45, 2.75) is 39.2 Å². The minimum atomic E-state index is -0.777. The number of nitrogens with one attached hydrogen (secondary N) is 2. The number of anilines is 1. The Bertz CT molecular complexity index is 427. The van der Waals surface area contributed by atoms with Gasteiger partial charge in [0.2, 0.25) is 5.91 Å². The van der Waals surface area contributed by atoms with Crippen molar-refractivity contribution in [3.05, 3.63) is 29.8 Å². The van der Waals surface area contributed by atoms with E-state index in [1.165, 1.54) is 6.07 Å². The van der Waals surface area contributed by atoms with Crippen molar-refractivity contribution >= 4 is 11.6 Å². The third-order valence-electron chi connectivity index (χ3n) is 2.83. The van der Waals surface area contributed by atoms with E-state index in [2.05, 4.69) is 17.6 Å². The molecule has 0 spiro atoms. The van der Waals surface area contributed by atoms with Gasteiger partial charge in [0.05, 0.1) is 6.54 Å². The van der Waals surface area contributed by atoms with Crippen molar-refractivity contribution in [3.63, 3.8) is 0 Å². The van der Waals surface area contributed by atoms with Crippen LogP contribution in [0.15, 0.2) is 18.2 Å². The summed E-state index contributed by atoms with van der Waals surface area (Å²) in [7, 11) is 0. The Labute approximate surface area is 112 Å². The molecule has 0 fully saturated rings. The van der Waals surface area contributed by atoms with Crippen molar-refractivity contribution in [2.24, 2.45) is 0 Å². The molecule has 0 radical (unpaired) electrons. The summed E-state index contributed by atoms with van der Waals surface area (Å²) in [5.41, 5.74) is -0.581. The first kappa shape index (κ1) is 15.6. The Morgan fingerprint density at radius 2 is 1.84 bits per heavy atom. The molecule has 1 rings (SSSR count). The average Bonchev–Trinajstić information content (AvgIpc) is 2.32. The molecule has 2 N–H and O–H groups in total. The summed E-state index contributed by atoms with van der Waals surface area (Å²) in [5.74, 6) is -2.02. The number of rotatable bonds is 6. The second-order valence-corrected chi connectivity index (χ2v) is 5.13. The summed E-state index contributed by atoms with van der Waals surface area (Å²) < 4.78 is 26.7. The van der Waals surface area contributed by atoms with Crippen molar-refractivity contribution in [1.82, 2.24) is 5.32 Å². The van der Waals surface area contributed by atoms with E-state index in [1.807, 2.05) is 13.8 Å². The van der Waals surface area contributed by atoms with Gasteiger partial charge in [0.15, 0.2) is 0 Å². The standard InChI is InChI=1S/C14H20F2N2O/c1-4-8-14(2,3)17-9-12(19)18-13-10(15)6-5-7-11(13)16/h5-7,17H,4,8-9H2,1-3H3,(H,18,19). The largest absolute Gasteiger partial charge is 0.320 e. The second kappa shape index (κ2) is 6.61. The number of amides is 1. The van der Waals surface area contributed by atoms with Gasteiger partial charge in [-0.2, -0.15) is 0 Å². The summed E-state index contributed by atoms with van der Waals surface area (Å²) in [5, 5.41) is 5.30. The van der Waals surface area contributed by atoms with Crippen LogP contribution in [0.25, 0.3) is 0 Å². The highest BCUT2D eigenvalue weighted by atomic mass is 19.1. The molecule has 0 aliphatic carbocycles. The number of benzene rings is 1. The quantitative estimate of drug-likeness (QED) is 0.834. The maximum absolute atomic E-state index is 13.3. The first-order valence-electron chi connectivity index (χ1n) is 6.34. The van der Waals surface area contributed by atoms with Gasteiger partial charge < -0.3 is 10.6 Å². The zero-order valence-electron chi connectivity index (χ0n) is 11.5. The van der Waals surface area contributed by atoms with E-state index in [4.69, 9.17) is 0 Å². The molecule has 0 saturated heterocycles. The minimum Gasteiger partial charge on any atom is -0.320 e. The van der Waals surface area contributed by atoms with Crippen LogP contribution in [0.1, 0.15) is 33.6 Å². The molecule has 0 bridgehead atoms. The molecular weight excluding hydrogens is 250 g/mol. The van der Waals surface area contributed by atoms with Gasteiger partial charge in [0, 0.05) is 5.54 Å². The molecule has 0 unspecified atom stereocenters. The lowest BCUT2D eigenvalue weighted by molar-refractivity contribution is -0.115. The maximum atomic E-state index is 13.3. The highest BCUT2D eigenvalue weighted by Gasteiger charge is 2.18. The van der Waals surface area contributed by atoms with Crippen LogP contribution in [0, 0.1) is 11.6 Å². The predicted molar refractivity (Wildman–Crippen MR) is 72.0 cm³/mol. The summed E-state index contributed by atoms with van der Waals surface area (Å²) in [6, 6.07) is 3.46. The highest BCUT2D eigenvalue weighted by Crippen LogP contribution is 2.17. The number of hydrogen-bond acceptors (Lipinski definition) is 2. The van der Waals surface area contributed by atoms with Crippen molar-refractivity contribution in [3.8, 4) is 0 Å². The zero-order valence-corrected chi connectivity index (χ0v) is 11.5. The van der Waals surface area contributed by atoms with Gasteiger partial charge in [0.25, 0.3) is 0 Å². The number of halogens is 2. The Kier molecular flexibility index (Phi) is 5.42. The van der Waals surface area contributed by atoms with E-state index < -0.39 is 23.2 Å². The van der Waals surface area contributed by atoms with E-state index in [0.717, 1.165) is 25.0 Å². The molecule has 1 amide bonds. The molecule has 0 heterocycles. The summed E-state index contributed by atoms with van der Waals surface area (Å²) in [4.78, 5) is 11.7. The zero-order chi connectivity index (χ0) is 14.5. The van der Waals surface area contributed by atoms with Gasteiger partial charge >= 0.3 is 0 Å². The number of carbonyl (C=O) groups excluding carboxylic acids is 1. The molecule has 3 nitrogen and oxygen atoms in total. The summed E-state index contributed by atoms with van der Waals surface area (Å²) in [6.07, 6.45) is 1.90. The lowest BCUT2D eigenvalue weighted by atomic mass is 9.99. The average molecular weight is 270 g/mol. The van der Waals surface area contributed by atoms with E-state index in [1.54, 1.807) is 0 Å². The van der Waals surface area contributed by atoms with Gasteiger partial charge in [0.1, 0.15) is 17.3 Å². The van der Waals surface area contributed by atoms with Crippen LogP contribution in [0.3, 0.4) is 0 Å². The van der Waals surface area contributed by atoms with E-state index in [0.29, 0.717) is 0 Å².